The van der Waals surface area contributed by atoms with E-state index in [1.807, 2.05) is 38.1 Å². The molecule has 4 heteroatoms. The minimum atomic E-state index is -0.0945. The van der Waals surface area contributed by atoms with Crippen molar-refractivity contribution in [2.24, 2.45) is 0 Å². The Kier molecular flexibility index (Phi) is 5.02. The van der Waals surface area contributed by atoms with Crippen molar-refractivity contribution in [3.63, 3.8) is 0 Å². The van der Waals surface area contributed by atoms with Gasteiger partial charge in [-0.25, -0.2) is 0 Å². The summed E-state index contributed by atoms with van der Waals surface area (Å²) in [6.45, 7) is 4.65. The maximum atomic E-state index is 11.4. The minimum Gasteiger partial charge on any atom is -0.376 e. The molecule has 0 saturated carbocycles. The third-order valence-electron chi connectivity index (χ3n) is 2.47. The summed E-state index contributed by atoms with van der Waals surface area (Å²) in [4.78, 5) is 11.4. The van der Waals surface area contributed by atoms with Crippen LogP contribution >= 0.6 is 0 Å². The Morgan fingerprint density at radius 2 is 2.00 bits per heavy atom. The zero-order valence-corrected chi connectivity index (χ0v) is 10.2. The maximum absolute atomic E-state index is 11.4. The number of carbonyl (C=O) groups excluding carboxylic acids is 1. The van der Waals surface area contributed by atoms with Gasteiger partial charge in [-0.05, 0) is 25.0 Å². The van der Waals surface area contributed by atoms with Crippen LogP contribution in [0.1, 0.15) is 17.5 Å². The molecule has 0 aliphatic carbocycles. The van der Waals surface area contributed by atoms with Crippen molar-refractivity contribution in [1.82, 2.24) is 5.32 Å². The number of para-hydroxylation sites is 1. The molecular weight excluding hydrogens is 214 g/mol. The van der Waals surface area contributed by atoms with Crippen LogP contribution in [0.4, 0.5) is 5.69 Å². The summed E-state index contributed by atoms with van der Waals surface area (Å²) in [5, 5.41) is 14.1. The van der Waals surface area contributed by atoms with Gasteiger partial charge in [0, 0.05) is 12.2 Å². The first-order valence-corrected chi connectivity index (χ1v) is 5.59. The van der Waals surface area contributed by atoms with Gasteiger partial charge in [0.1, 0.15) is 0 Å². The van der Waals surface area contributed by atoms with Gasteiger partial charge in [-0.1, -0.05) is 18.2 Å². The number of anilines is 1. The van der Waals surface area contributed by atoms with Gasteiger partial charge in [0.15, 0.2) is 0 Å². The highest BCUT2D eigenvalue weighted by Crippen LogP contribution is 2.18. The number of nitrogens with zero attached hydrogens (tertiary/aromatic N) is 1. The van der Waals surface area contributed by atoms with Crippen LogP contribution in [0.3, 0.4) is 0 Å². The van der Waals surface area contributed by atoms with Gasteiger partial charge in [-0.2, -0.15) is 5.26 Å². The lowest BCUT2D eigenvalue weighted by Gasteiger charge is -2.12. The summed E-state index contributed by atoms with van der Waals surface area (Å²) in [7, 11) is 0. The van der Waals surface area contributed by atoms with Crippen LogP contribution in [0.2, 0.25) is 0 Å². The van der Waals surface area contributed by atoms with Crippen LogP contribution < -0.4 is 10.6 Å². The van der Waals surface area contributed by atoms with Crippen LogP contribution in [0.5, 0.6) is 0 Å². The molecule has 1 rings (SSSR count). The van der Waals surface area contributed by atoms with E-state index in [9.17, 15) is 4.79 Å². The lowest BCUT2D eigenvalue weighted by molar-refractivity contribution is -0.119. The molecule has 0 radical (unpaired) electrons. The summed E-state index contributed by atoms with van der Waals surface area (Å²) in [5.74, 6) is -0.0945. The molecule has 1 aromatic carbocycles. The van der Waals surface area contributed by atoms with Gasteiger partial charge in [-0.3, -0.25) is 4.79 Å². The fourth-order valence-electron chi connectivity index (χ4n) is 1.58. The Balaban J connectivity index is 2.45. The first-order chi connectivity index (χ1) is 8.15. The highest BCUT2D eigenvalue weighted by Gasteiger charge is 2.04. The lowest BCUT2D eigenvalue weighted by atomic mass is 10.1. The van der Waals surface area contributed by atoms with Gasteiger partial charge < -0.3 is 10.6 Å². The van der Waals surface area contributed by atoms with E-state index in [1.165, 1.54) is 0 Å². The number of benzene rings is 1. The van der Waals surface area contributed by atoms with Crippen molar-refractivity contribution in [2.75, 3.05) is 18.4 Å². The predicted molar refractivity (Wildman–Crippen MR) is 67.6 cm³/mol. The van der Waals surface area contributed by atoms with Crippen LogP contribution in [0.15, 0.2) is 18.2 Å². The fourth-order valence-corrected chi connectivity index (χ4v) is 1.58. The fraction of sp³-hybridized carbons (Fsp3) is 0.385. The molecule has 0 saturated heterocycles. The number of amides is 1. The highest BCUT2D eigenvalue weighted by atomic mass is 16.1. The summed E-state index contributed by atoms with van der Waals surface area (Å²) in [5.41, 5.74) is 3.24. The quantitative estimate of drug-likeness (QED) is 0.759. The number of nitrogens with one attached hydrogen (secondary N) is 2. The van der Waals surface area contributed by atoms with E-state index in [1.54, 1.807) is 0 Å². The van der Waals surface area contributed by atoms with Crippen LogP contribution in [-0.4, -0.2) is 19.0 Å². The van der Waals surface area contributed by atoms with Gasteiger partial charge in [-0.15, -0.1) is 0 Å². The lowest BCUT2D eigenvalue weighted by Crippen LogP contribution is -2.30. The SMILES string of the molecule is Cc1cccc(C)c1NCC(=O)NCCC#N. The molecule has 0 aliphatic heterocycles. The third kappa shape index (κ3) is 4.15. The van der Waals surface area contributed by atoms with Gasteiger partial charge in [0.05, 0.1) is 19.0 Å². The van der Waals surface area contributed by atoms with Crippen molar-refractivity contribution in [3.05, 3.63) is 29.3 Å². The number of nitriles is 1. The molecule has 2 N–H and O–H groups in total. The molecule has 1 aromatic rings. The van der Waals surface area contributed by atoms with Gasteiger partial charge in [0.2, 0.25) is 5.91 Å². The second-order valence-electron chi connectivity index (χ2n) is 3.88. The van der Waals surface area contributed by atoms with Crippen molar-refractivity contribution in [2.45, 2.75) is 20.3 Å². The highest BCUT2D eigenvalue weighted by molar-refractivity contribution is 5.81. The standard InChI is InChI=1S/C13H17N3O/c1-10-5-3-6-11(2)13(10)16-9-12(17)15-8-4-7-14/h3,5-6,16H,4,8-9H2,1-2H3,(H,15,17). The second kappa shape index (κ2) is 6.54. The molecule has 0 heterocycles. The Labute approximate surface area is 102 Å². The first-order valence-electron chi connectivity index (χ1n) is 5.59. The molecule has 0 aromatic heterocycles. The van der Waals surface area contributed by atoms with Crippen LogP contribution in [0, 0.1) is 25.2 Å². The van der Waals surface area contributed by atoms with E-state index < -0.39 is 0 Å². The summed E-state index contributed by atoms with van der Waals surface area (Å²) >= 11 is 0. The smallest absolute Gasteiger partial charge is 0.239 e. The molecule has 17 heavy (non-hydrogen) atoms. The molecule has 0 unspecified atom stereocenters. The van der Waals surface area contributed by atoms with E-state index in [-0.39, 0.29) is 12.5 Å². The van der Waals surface area contributed by atoms with Crippen molar-refractivity contribution in [1.29, 1.82) is 5.26 Å². The second-order valence-corrected chi connectivity index (χ2v) is 3.88. The molecule has 0 bridgehead atoms. The first kappa shape index (κ1) is 13.0. The topological polar surface area (TPSA) is 64.9 Å². The maximum Gasteiger partial charge on any atom is 0.239 e. The third-order valence-corrected chi connectivity index (χ3v) is 2.47. The number of hydrogen-bond acceptors (Lipinski definition) is 3. The molecular formula is C13H17N3O. The molecule has 4 nitrogen and oxygen atoms in total. The van der Waals surface area contributed by atoms with E-state index in [0.29, 0.717) is 13.0 Å². The van der Waals surface area contributed by atoms with Crippen LogP contribution in [-0.2, 0) is 4.79 Å². The van der Waals surface area contributed by atoms with Gasteiger partial charge >= 0.3 is 0 Å². The molecule has 0 spiro atoms. The van der Waals surface area contributed by atoms with E-state index in [2.05, 4.69) is 10.6 Å². The molecule has 0 aliphatic rings. The normalized spacial score (nSPS) is 9.47. The molecule has 90 valence electrons. The zero-order valence-electron chi connectivity index (χ0n) is 10.2. The van der Waals surface area contributed by atoms with Crippen LogP contribution in [0.25, 0.3) is 0 Å². The van der Waals surface area contributed by atoms with E-state index >= 15 is 0 Å². The number of hydrogen-bond donors (Lipinski definition) is 2. The average Bonchev–Trinajstić information content (AvgIpc) is 2.29. The molecule has 1 amide bonds. The number of aryl methyl sites for hydroxylation is 2. The average molecular weight is 231 g/mol. The summed E-state index contributed by atoms with van der Waals surface area (Å²) < 4.78 is 0. The Morgan fingerprint density at radius 1 is 1.35 bits per heavy atom. The Morgan fingerprint density at radius 3 is 2.59 bits per heavy atom. The largest absolute Gasteiger partial charge is 0.376 e. The molecule has 0 fully saturated rings. The minimum absolute atomic E-state index is 0.0945. The summed E-state index contributed by atoms with van der Waals surface area (Å²) in [6.07, 6.45) is 0.342. The Bertz CT molecular complexity index is 415. The Hall–Kier alpha value is -2.02. The number of rotatable bonds is 5. The monoisotopic (exact) mass is 231 g/mol. The van der Waals surface area contributed by atoms with Crippen molar-refractivity contribution >= 4 is 11.6 Å². The zero-order chi connectivity index (χ0) is 12.7. The number of carbonyl (C=O) groups is 1. The van der Waals surface area contributed by atoms with Gasteiger partial charge in [0.25, 0.3) is 0 Å². The van der Waals surface area contributed by atoms with Crippen molar-refractivity contribution in [3.8, 4) is 6.07 Å². The predicted octanol–water partition coefficient (Wildman–Crippen LogP) is 1.75. The van der Waals surface area contributed by atoms with E-state index in [4.69, 9.17) is 5.26 Å². The van der Waals surface area contributed by atoms with Crippen molar-refractivity contribution < 1.29 is 4.79 Å². The molecule has 0 atom stereocenters. The van der Waals surface area contributed by atoms with E-state index in [0.717, 1.165) is 16.8 Å². The summed E-state index contributed by atoms with van der Waals surface area (Å²) in [6, 6.07) is 7.97.